The summed E-state index contributed by atoms with van der Waals surface area (Å²) in [5.41, 5.74) is 2.78. The highest BCUT2D eigenvalue weighted by Crippen LogP contribution is 2.25. The lowest BCUT2D eigenvalue weighted by atomic mass is 10.1. The van der Waals surface area contributed by atoms with E-state index in [0.717, 1.165) is 34.0 Å². The molecule has 0 aliphatic heterocycles. The molecule has 3 rings (SSSR count). The monoisotopic (exact) mass is 403 g/mol. The fourth-order valence-electron chi connectivity index (χ4n) is 2.53. The van der Waals surface area contributed by atoms with E-state index in [0.29, 0.717) is 24.8 Å². The Balaban J connectivity index is 1.44. The maximum atomic E-state index is 10.1. The van der Waals surface area contributed by atoms with E-state index in [-0.39, 0.29) is 0 Å². The number of aryl methyl sites for hydroxylation is 1. The van der Waals surface area contributed by atoms with Crippen molar-refractivity contribution < 1.29 is 9.84 Å². The predicted octanol–water partition coefficient (Wildman–Crippen LogP) is 4.12. The number of ether oxygens (including phenoxy) is 1. The zero-order chi connectivity index (χ0) is 19.1. The first-order valence-corrected chi connectivity index (χ1v) is 10.1. The highest BCUT2D eigenvalue weighted by molar-refractivity contribution is 7.09. The molecule has 0 saturated carbocycles. The first kappa shape index (κ1) is 19.8. The van der Waals surface area contributed by atoms with Crippen LogP contribution in [0.3, 0.4) is 0 Å². The van der Waals surface area contributed by atoms with Gasteiger partial charge < -0.3 is 15.2 Å². The summed E-state index contributed by atoms with van der Waals surface area (Å²) in [5.74, 6) is 0.808. The molecule has 0 fully saturated rings. The fraction of sp³-hybridized carbons (Fsp3) is 0.300. The quantitative estimate of drug-likeness (QED) is 0.415. The molecular weight excluding hydrogens is 382 g/mol. The number of pyridine rings is 1. The van der Waals surface area contributed by atoms with Gasteiger partial charge in [0.05, 0.1) is 16.8 Å². The molecule has 2 aromatic heterocycles. The van der Waals surface area contributed by atoms with Crippen LogP contribution in [0.4, 0.5) is 0 Å². The van der Waals surface area contributed by atoms with Crippen molar-refractivity contribution in [2.24, 2.45) is 0 Å². The van der Waals surface area contributed by atoms with E-state index in [1.807, 2.05) is 24.3 Å². The molecule has 0 spiro atoms. The SMILES string of the molecule is CCc1nc(-c2cccc(OCCNC[C@H](O)c3ccc(Cl)nc3)c2)cs1. The first-order chi connectivity index (χ1) is 13.2. The third kappa shape index (κ3) is 5.74. The van der Waals surface area contributed by atoms with Gasteiger partial charge in [0.15, 0.2) is 0 Å². The van der Waals surface area contributed by atoms with E-state index < -0.39 is 6.10 Å². The van der Waals surface area contributed by atoms with Crippen LogP contribution in [0.1, 0.15) is 23.6 Å². The van der Waals surface area contributed by atoms with Crippen molar-refractivity contribution in [3.8, 4) is 17.0 Å². The van der Waals surface area contributed by atoms with Crippen molar-refractivity contribution in [1.82, 2.24) is 15.3 Å². The molecule has 27 heavy (non-hydrogen) atoms. The Kier molecular flexibility index (Phi) is 7.18. The maximum absolute atomic E-state index is 10.1. The molecule has 3 aromatic rings. The fourth-order valence-corrected chi connectivity index (χ4v) is 3.40. The summed E-state index contributed by atoms with van der Waals surface area (Å²) < 4.78 is 5.81. The van der Waals surface area contributed by atoms with Gasteiger partial charge in [-0.15, -0.1) is 11.3 Å². The highest BCUT2D eigenvalue weighted by Gasteiger charge is 2.08. The summed E-state index contributed by atoms with van der Waals surface area (Å²) in [6.07, 6.45) is 1.90. The lowest BCUT2D eigenvalue weighted by Gasteiger charge is -2.12. The van der Waals surface area contributed by atoms with Crippen LogP contribution in [0, 0.1) is 0 Å². The van der Waals surface area contributed by atoms with Gasteiger partial charge in [-0.1, -0.05) is 36.7 Å². The Hall–Kier alpha value is -1.99. The molecule has 1 atom stereocenters. The van der Waals surface area contributed by atoms with Gasteiger partial charge in [0.1, 0.15) is 17.5 Å². The van der Waals surface area contributed by atoms with Crippen LogP contribution in [0.15, 0.2) is 48.0 Å². The van der Waals surface area contributed by atoms with E-state index >= 15 is 0 Å². The van der Waals surface area contributed by atoms with Gasteiger partial charge in [0, 0.05) is 35.8 Å². The Morgan fingerprint density at radius 2 is 2.19 bits per heavy atom. The minimum Gasteiger partial charge on any atom is -0.492 e. The van der Waals surface area contributed by atoms with E-state index in [4.69, 9.17) is 16.3 Å². The number of hydrogen-bond acceptors (Lipinski definition) is 6. The first-order valence-electron chi connectivity index (χ1n) is 8.83. The summed E-state index contributed by atoms with van der Waals surface area (Å²) in [4.78, 5) is 8.59. The maximum Gasteiger partial charge on any atom is 0.129 e. The van der Waals surface area contributed by atoms with Crippen LogP contribution < -0.4 is 10.1 Å². The van der Waals surface area contributed by atoms with Crippen LogP contribution in [-0.4, -0.2) is 34.8 Å². The second kappa shape index (κ2) is 9.80. The Labute approximate surface area is 168 Å². The topological polar surface area (TPSA) is 67.3 Å². The molecule has 0 radical (unpaired) electrons. The summed E-state index contributed by atoms with van der Waals surface area (Å²) in [7, 11) is 0. The minimum atomic E-state index is -0.629. The molecular formula is C20H22ClN3O2S. The third-order valence-corrected chi connectivity index (χ3v) is 5.22. The Bertz CT molecular complexity index is 854. The lowest BCUT2D eigenvalue weighted by Crippen LogP contribution is -2.26. The summed E-state index contributed by atoms with van der Waals surface area (Å²) in [5, 5.41) is 16.9. The predicted molar refractivity (Wildman–Crippen MR) is 109 cm³/mol. The number of thiazole rings is 1. The Morgan fingerprint density at radius 1 is 1.30 bits per heavy atom. The second-order valence-corrected chi connectivity index (χ2v) is 7.32. The standard InChI is InChI=1S/C20H22ClN3O2S/c1-2-20-24-17(13-27-20)14-4-3-5-16(10-14)26-9-8-22-12-18(25)15-6-7-19(21)23-11-15/h3-7,10-11,13,18,22,25H,2,8-9,12H2,1H3/t18-/m0/s1. The van der Waals surface area contributed by atoms with Crippen molar-refractivity contribution in [2.75, 3.05) is 19.7 Å². The van der Waals surface area contributed by atoms with E-state index in [1.165, 1.54) is 0 Å². The molecule has 0 amide bonds. The van der Waals surface area contributed by atoms with Crippen LogP contribution in [-0.2, 0) is 6.42 Å². The van der Waals surface area contributed by atoms with Crippen molar-refractivity contribution in [2.45, 2.75) is 19.4 Å². The summed E-state index contributed by atoms with van der Waals surface area (Å²) in [6.45, 7) is 3.66. The molecule has 2 heterocycles. The number of nitrogens with zero attached hydrogens (tertiary/aromatic N) is 2. The van der Waals surface area contributed by atoms with Gasteiger partial charge in [-0.2, -0.15) is 0 Å². The van der Waals surface area contributed by atoms with Crippen molar-refractivity contribution >= 4 is 22.9 Å². The summed E-state index contributed by atoms with van der Waals surface area (Å²) in [6, 6.07) is 11.4. The highest BCUT2D eigenvalue weighted by atomic mass is 35.5. The minimum absolute atomic E-state index is 0.415. The van der Waals surface area contributed by atoms with Crippen molar-refractivity contribution in [3.05, 3.63) is 63.7 Å². The van der Waals surface area contributed by atoms with Crippen molar-refractivity contribution in [3.63, 3.8) is 0 Å². The van der Waals surface area contributed by atoms with E-state index in [1.54, 1.807) is 29.7 Å². The van der Waals surface area contributed by atoms with Crippen LogP contribution in [0.25, 0.3) is 11.3 Å². The van der Waals surface area contributed by atoms with Crippen LogP contribution in [0.2, 0.25) is 5.15 Å². The molecule has 0 bridgehead atoms. The molecule has 142 valence electrons. The Morgan fingerprint density at radius 3 is 2.93 bits per heavy atom. The number of rotatable bonds is 9. The van der Waals surface area contributed by atoms with Gasteiger partial charge in [-0.05, 0) is 24.6 Å². The van der Waals surface area contributed by atoms with Gasteiger partial charge >= 0.3 is 0 Å². The molecule has 1 aromatic carbocycles. The van der Waals surface area contributed by atoms with Gasteiger partial charge in [-0.3, -0.25) is 0 Å². The second-order valence-electron chi connectivity index (χ2n) is 5.99. The number of aliphatic hydroxyl groups is 1. The number of aromatic nitrogens is 2. The van der Waals surface area contributed by atoms with Gasteiger partial charge in [0.2, 0.25) is 0 Å². The van der Waals surface area contributed by atoms with E-state index in [2.05, 4.69) is 27.6 Å². The molecule has 0 aliphatic carbocycles. The number of hydrogen-bond donors (Lipinski definition) is 2. The number of nitrogens with one attached hydrogen (secondary N) is 1. The number of benzene rings is 1. The van der Waals surface area contributed by atoms with Gasteiger partial charge in [0.25, 0.3) is 0 Å². The average Bonchev–Trinajstić information content (AvgIpc) is 3.18. The number of halogens is 1. The largest absolute Gasteiger partial charge is 0.492 e. The summed E-state index contributed by atoms with van der Waals surface area (Å²) >= 11 is 7.43. The zero-order valence-corrected chi connectivity index (χ0v) is 16.6. The molecule has 7 heteroatoms. The average molecular weight is 404 g/mol. The molecule has 5 nitrogen and oxygen atoms in total. The van der Waals surface area contributed by atoms with Crippen LogP contribution in [0.5, 0.6) is 5.75 Å². The van der Waals surface area contributed by atoms with Crippen molar-refractivity contribution in [1.29, 1.82) is 0 Å². The smallest absolute Gasteiger partial charge is 0.129 e. The van der Waals surface area contributed by atoms with E-state index in [9.17, 15) is 5.11 Å². The zero-order valence-electron chi connectivity index (χ0n) is 15.1. The lowest BCUT2D eigenvalue weighted by molar-refractivity contribution is 0.171. The normalized spacial score (nSPS) is 12.1. The molecule has 0 saturated heterocycles. The molecule has 0 aliphatic rings. The number of aliphatic hydroxyl groups excluding tert-OH is 1. The van der Waals surface area contributed by atoms with Crippen LogP contribution >= 0.6 is 22.9 Å². The van der Waals surface area contributed by atoms with Gasteiger partial charge in [-0.25, -0.2) is 9.97 Å². The third-order valence-electron chi connectivity index (χ3n) is 4.00. The molecule has 0 unspecified atom stereocenters. The molecule has 2 N–H and O–H groups in total.